The molecular weight excluding hydrogens is 369 g/mol. The summed E-state index contributed by atoms with van der Waals surface area (Å²) in [5.41, 5.74) is 9.62. The summed E-state index contributed by atoms with van der Waals surface area (Å²) in [5.74, 6) is -2.94. The average Bonchev–Trinajstić information content (AvgIpc) is 3.31. The standard InChI is InChI=1S/C19H15F3N6/c20-12-6-14(22)13(21)4-10(12)11-5-16-17(7-15(11)23)28-2-1-9(3-18(28)26-16)19-24-8-25-27-19/h1-4,6,8,11,15H,5,7,23H2,(H,24,25,27)/t11-,15+/m1/s1. The summed E-state index contributed by atoms with van der Waals surface area (Å²) in [6.45, 7) is 0. The molecule has 1 aliphatic rings. The van der Waals surface area contributed by atoms with Crippen LogP contribution in [-0.2, 0) is 12.8 Å². The number of halogens is 3. The minimum absolute atomic E-state index is 0.0801. The third-order valence-corrected chi connectivity index (χ3v) is 5.29. The summed E-state index contributed by atoms with van der Waals surface area (Å²) in [5, 5.41) is 6.65. The van der Waals surface area contributed by atoms with E-state index >= 15 is 0 Å². The molecular formula is C19H15F3N6. The Kier molecular flexibility index (Phi) is 3.73. The summed E-state index contributed by atoms with van der Waals surface area (Å²) in [6, 6.07) is 4.79. The number of aromatic nitrogens is 5. The molecule has 0 unspecified atom stereocenters. The molecule has 0 aliphatic heterocycles. The van der Waals surface area contributed by atoms with E-state index < -0.39 is 29.4 Å². The van der Waals surface area contributed by atoms with Gasteiger partial charge in [-0.25, -0.2) is 23.1 Å². The van der Waals surface area contributed by atoms with E-state index in [1.54, 1.807) is 0 Å². The second-order valence-corrected chi connectivity index (χ2v) is 6.95. The maximum absolute atomic E-state index is 14.3. The fourth-order valence-corrected chi connectivity index (χ4v) is 3.90. The fraction of sp³-hybridized carbons (Fsp3) is 0.211. The Morgan fingerprint density at radius 3 is 2.68 bits per heavy atom. The summed E-state index contributed by atoms with van der Waals surface area (Å²) in [4.78, 5) is 8.79. The third-order valence-electron chi connectivity index (χ3n) is 5.29. The van der Waals surface area contributed by atoms with Crippen molar-refractivity contribution < 1.29 is 13.2 Å². The lowest BCUT2D eigenvalue weighted by atomic mass is 9.80. The highest BCUT2D eigenvalue weighted by molar-refractivity contribution is 5.62. The number of H-pyrrole nitrogens is 1. The maximum Gasteiger partial charge on any atom is 0.161 e. The summed E-state index contributed by atoms with van der Waals surface area (Å²) in [6.07, 6.45) is 4.10. The highest BCUT2D eigenvalue weighted by atomic mass is 19.2. The van der Waals surface area contributed by atoms with Crippen molar-refractivity contribution in [3.05, 3.63) is 71.2 Å². The van der Waals surface area contributed by atoms with Crippen LogP contribution in [0.5, 0.6) is 0 Å². The zero-order chi connectivity index (χ0) is 19.4. The molecule has 0 spiro atoms. The number of hydrogen-bond donors (Lipinski definition) is 2. The number of nitrogens with zero attached hydrogens (tertiary/aromatic N) is 4. The first-order chi connectivity index (χ1) is 13.5. The number of imidazole rings is 1. The van der Waals surface area contributed by atoms with Crippen molar-refractivity contribution in [1.82, 2.24) is 24.6 Å². The van der Waals surface area contributed by atoms with Crippen LogP contribution in [0, 0.1) is 17.5 Å². The first-order valence-corrected chi connectivity index (χ1v) is 8.77. The lowest BCUT2D eigenvalue weighted by Gasteiger charge is -2.29. The molecule has 0 fully saturated rings. The van der Waals surface area contributed by atoms with Crippen LogP contribution in [0.1, 0.15) is 22.9 Å². The number of hydrogen-bond acceptors (Lipinski definition) is 4. The molecule has 28 heavy (non-hydrogen) atoms. The zero-order valence-corrected chi connectivity index (χ0v) is 14.5. The van der Waals surface area contributed by atoms with Gasteiger partial charge in [0.05, 0.1) is 5.69 Å². The molecule has 1 aromatic carbocycles. The molecule has 0 saturated carbocycles. The van der Waals surface area contributed by atoms with Gasteiger partial charge in [-0.15, -0.1) is 0 Å². The predicted octanol–water partition coefficient (Wildman–Crippen LogP) is 2.75. The Morgan fingerprint density at radius 1 is 1.07 bits per heavy atom. The van der Waals surface area contributed by atoms with Gasteiger partial charge in [-0.05, 0) is 30.2 Å². The summed E-state index contributed by atoms with van der Waals surface area (Å²) < 4.78 is 43.2. The maximum atomic E-state index is 14.3. The highest BCUT2D eigenvalue weighted by Gasteiger charge is 2.32. The summed E-state index contributed by atoms with van der Waals surface area (Å²) in [7, 11) is 0. The zero-order valence-electron chi connectivity index (χ0n) is 14.5. The second kappa shape index (κ2) is 6.16. The minimum atomic E-state index is -1.21. The Hall–Kier alpha value is -3.20. The quantitative estimate of drug-likeness (QED) is 0.521. The molecule has 0 radical (unpaired) electrons. The van der Waals surface area contributed by atoms with Crippen LogP contribution in [0.15, 0.2) is 36.8 Å². The van der Waals surface area contributed by atoms with Crippen molar-refractivity contribution >= 4 is 5.65 Å². The van der Waals surface area contributed by atoms with Crippen molar-refractivity contribution in [3.8, 4) is 11.4 Å². The molecule has 1 aliphatic carbocycles. The highest BCUT2D eigenvalue weighted by Crippen LogP contribution is 2.34. The normalized spacial score (nSPS) is 19.1. The monoisotopic (exact) mass is 384 g/mol. The Labute approximate surface area is 157 Å². The lowest BCUT2D eigenvalue weighted by Crippen LogP contribution is -2.37. The minimum Gasteiger partial charge on any atom is -0.327 e. The smallest absolute Gasteiger partial charge is 0.161 e. The Balaban J connectivity index is 1.56. The molecule has 3 aromatic heterocycles. The Bertz CT molecular complexity index is 1180. The van der Waals surface area contributed by atoms with Crippen LogP contribution in [0.3, 0.4) is 0 Å². The largest absolute Gasteiger partial charge is 0.327 e. The molecule has 9 heteroatoms. The van der Waals surface area contributed by atoms with Gasteiger partial charge in [-0.3, -0.25) is 5.10 Å². The SMILES string of the molecule is N[C@H]1Cc2c(nc3cc(-c4ncn[nH]4)ccn23)C[C@@H]1c1cc(F)c(F)cc1F. The summed E-state index contributed by atoms with van der Waals surface area (Å²) >= 11 is 0. The molecule has 2 atom stereocenters. The first kappa shape index (κ1) is 16.9. The van der Waals surface area contributed by atoms with E-state index in [0.717, 1.165) is 23.0 Å². The van der Waals surface area contributed by atoms with Crippen LogP contribution in [-0.4, -0.2) is 30.6 Å². The van der Waals surface area contributed by atoms with Crippen LogP contribution in [0.25, 0.3) is 17.0 Å². The predicted molar refractivity (Wildman–Crippen MR) is 95.0 cm³/mol. The van der Waals surface area contributed by atoms with E-state index in [1.807, 2.05) is 22.7 Å². The lowest BCUT2D eigenvalue weighted by molar-refractivity contribution is 0.446. The van der Waals surface area contributed by atoms with Gasteiger partial charge >= 0.3 is 0 Å². The fourth-order valence-electron chi connectivity index (χ4n) is 3.90. The number of pyridine rings is 1. The Morgan fingerprint density at radius 2 is 1.89 bits per heavy atom. The van der Waals surface area contributed by atoms with Gasteiger partial charge < -0.3 is 10.1 Å². The van der Waals surface area contributed by atoms with Gasteiger partial charge in [0.25, 0.3) is 0 Å². The van der Waals surface area contributed by atoms with Crippen LogP contribution < -0.4 is 5.73 Å². The van der Waals surface area contributed by atoms with E-state index in [9.17, 15) is 13.2 Å². The van der Waals surface area contributed by atoms with Gasteiger partial charge in [0.2, 0.25) is 0 Å². The van der Waals surface area contributed by atoms with Crippen molar-refractivity contribution in [1.29, 1.82) is 0 Å². The molecule has 6 nitrogen and oxygen atoms in total. The topological polar surface area (TPSA) is 84.9 Å². The van der Waals surface area contributed by atoms with E-state index in [1.165, 1.54) is 6.33 Å². The van der Waals surface area contributed by atoms with Gasteiger partial charge in [0.15, 0.2) is 17.5 Å². The van der Waals surface area contributed by atoms with Gasteiger partial charge in [0, 0.05) is 41.9 Å². The van der Waals surface area contributed by atoms with Crippen LogP contribution in [0.2, 0.25) is 0 Å². The average molecular weight is 384 g/mol. The van der Waals surface area contributed by atoms with Crippen molar-refractivity contribution in [2.75, 3.05) is 0 Å². The molecule has 0 amide bonds. The number of nitrogens with two attached hydrogens (primary N) is 1. The van der Waals surface area contributed by atoms with Crippen molar-refractivity contribution in [2.45, 2.75) is 24.8 Å². The number of aromatic amines is 1. The third kappa shape index (κ3) is 2.58. The molecule has 0 bridgehead atoms. The first-order valence-electron chi connectivity index (χ1n) is 8.77. The van der Waals surface area contributed by atoms with Gasteiger partial charge in [-0.2, -0.15) is 5.10 Å². The molecule has 3 heterocycles. The van der Waals surface area contributed by atoms with Crippen LogP contribution in [0.4, 0.5) is 13.2 Å². The van der Waals surface area contributed by atoms with E-state index in [4.69, 9.17) is 5.73 Å². The molecule has 3 N–H and O–H groups in total. The number of rotatable bonds is 2. The molecule has 142 valence electrons. The van der Waals surface area contributed by atoms with Gasteiger partial charge in [-0.1, -0.05) is 0 Å². The van der Waals surface area contributed by atoms with E-state index in [0.29, 0.717) is 30.4 Å². The van der Waals surface area contributed by atoms with Crippen LogP contribution >= 0.6 is 0 Å². The molecule has 0 saturated heterocycles. The van der Waals surface area contributed by atoms with E-state index in [-0.39, 0.29) is 5.56 Å². The second-order valence-electron chi connectivity index (χ2n) is 6.95. The van der Waals surface area contributed by atoms with E-state index in [2.05, 4.69) is 20.2 Å². The number of nitrogens with one attached hydrogen (secondary N) is 1. The number of fused-ring (bicyclic) bond motifs is 3. The molecule has 4 aromatic rings. The molecule has 5 rings (SSSR count). The number of benzene rings is 1. The van der Waals surface area contributed by atoms with Crippen molar-refractivity contribution in [3.63, 3.8) is 0 Å². The van der Waals surface area contributed by atoms with Gasteiger partial charge in [0.1, 0.15) is 17.8 Å². The van der Waals surface area contributed by atoms with Crippen molar-refractivity contribution in [2.24, 2.45) is 5.73 Å².